The highest BCUT2D eigenvalue weighted by molar-refractivity contribution is 7.98. The van der Waals surface area contributed by atoms with Gasteiger partial charge in [-0.15, -0.1) is 0 Å². The molecule has 0 aromatic heterocycles. The number of thioether (sulfide) groups is 1. The highest BCUT2D eigenvalue weighted by atomic mass is 32.2. The molecule has 1 aliphatic rings. The summed E-state index contributed by atoms with van der Waals surface area (Å²) in [6, 6.07) is 1.44. The molecule has 13 heavy (non-hydrogen) atoms. The van der Waals surface area contributed by atoms with E-state index in [1.54, 1.807) is 0 Å². The Balaban J connectivity index is 2.26. The Bertz CT molecular complexity index is 137. The Labute approximate surface area is 86.2 Å². The van der Waals surface area contributed by atoms with Crippen LogP contribution in [0.3, 0.4) is 0 Å². The Morgan fingerprint density at radius 3 is 2.62 bits per heavy atom. The molecule has 0 aliphatic heterocycles. The topological polar surface area (TPSA) is 29.3 Å². The molecule has 0 amide bonds. The number of rotatable bonds is 6. The Kier molecular flexibility index (Phi) is 5.14. The van der Waals surface area contributed by atoms with Crippen LogP contribution >= 0.6 is 11.8 Å². The van der Waals surface area contributed by atoms with Crippen molar-refractivity contribution in [3.63, 3.8) is 0 Å². The van der Waals surface area contributed by atoms with Crippen LogP contribution in [0.4, 0.5) is 0 Å². The maximum Gasteiger partial charge on any atom is 0.0226 e. The second kappa shape index (κ2) is 5.89. The Morgan fingerprint density at radius 2 is 2.23 bits per heavy atom. The molecule has 0 aromatic rings. The average molecular weight is 202 g/mol. The van der Waals surface area contributed by atoms with Gasteiger partial charge < -0.3 is 5.73 Å². The van der Waals surface area contributed by atoms with E-state index < -0.39 is 0 Å². The molecule has 1 atom stereocenters. The van der Waals surface area contributed by atoms with Gasteiger partial charge >= 0.3 is 0 Å². The fourth-order valence-electron chi connectivity index (χ4n) is 1.83. The van der Waals surface area contributed by atoms with Gasteiger partial charge in [-0.1, -0.05) is 6.42 Å². The van der Waals surface area contributed by atoms with Crippen molar-refractivity contribution in [2.75, 3.05) is 25.6 Å². The fraction of sp³-hybridized carbons (Fsp3) is 1.00. The molecule has 0 radical (unpaired) electrons. The van der Waals surface area contributed by atoms with E-state index in [1.165, 1.54) is 31.4 Å². The molecule has 78 valence electrons. The highest BCUT2D eigenvalue weighted by Crippen LogP contribution is 2.25. The molecular formula is C10H22N2S. The van der Waals surface area contributed by atoms with Crippen LogP contribution in [-0.2, 0) is 0 Å². The minimum atomic E-state index is 0.609. The molecule has 1 rings (SSSR count). The molecule has 1 aliphatic carbocycles. The van der Waals surface area contributed by atoms with Crippen molar-refractivity contribution in [3.8, 4) is 0 Å². The third-order valence-electron chi connectivity index (χ3n) is 3.15. The standard InChI is InChI=1S/C10H22N2S/c1-12(9-4-3-5-9)10(8-11)6-7-13-2/h9-10H,3-8,11H2,1-2H3. The van der Waals surface area contributed by atoms with Gasteiger partial charge in [-0.3, -0.25) is 4.90 Å². The molecule has 0 aromatic carbocycles. The zero-order valence-electron chi connectivity index (χ0n) is 8.83. The van der Waals surface area contributed by atoms with Crippen molar-refractivity contribution < 1.29 is 0 Å². The molecule has 2 N–H and O–H groups in total. The van der Waals surface area contributed by atoms with Gasteiger partial charge in [0.25, 0.3) is 0 Å². The van der Waals surface area contributed by atoms with E-state index in [0.29, 0.717) is 6.04 Å². The zero-order chi connectivity index (χ0) is 9.68. The van der Waals surface area contributed by atoms with Gasteiger partial charge in [0.05, 0.1) is 0 Å². The van der Waals surface area contributed by atoms with Gasteiger partial charge in [0.15, 0.2) is 0 Å². The van der Waals surface area contributed by atoms with Crippen molar-refractivity contribution in [2.24, 2.45) is 5.73 Å². The summed E-state index contributed by atoms with van der Waals surface area (Å²) in [5, 5.41) is 0. The van der Waals surface area contributed by atoms with E-state index in [4.69, 9.17) is 5.73 Å². The third kappa shape index (κ3) is 3.15. The summed E-state index contributed by atoms with van der Waals surface area (Å²) in [5.41, 5.74) is 5.78. The summed E-state index contributed by atoms with van der Waals surface area (Å²) >= 11 is 1.92. The first-order valence-corrected chi connectivity index (χ1v) is 6.60. The van der Waals surface area contributed by atoms with Crippen LogP contribution in [0.2, 0.25) is 0 Å². The molecule has 0 heterocycles. The van der Waals surface area contributed by atoms with Crippen LogP contribution in [0.5, 0.6) is 0 Å². The van der Waals surface area contributed by atoms with Crippen molar-refractivity contribution >= 4 is 11.8 Å². The summed E-state index contributed by atoms with van der Waals surface area (Å²) in [4.78, 5) is 2.50. The van der Waals surface area contributed by atoms with Crippen LogP contribution < -0.4 is 5.73 Å². The molecule has 0 spiro atoms. The normalized spacial score (nSPS) is 20.3. The van der Waals surface area contributed by atoms with E-state index in [1.807, 2.05) is 11.8 Å². The molecule has 2 nitrogen and oxygen atoms in total. The quantitative estimate of drug-likeness (QED) is 0.708. The maximum atomic E-state index is 5.78. The van der Waals surface area contributed by atoms with Crippen molar-refractivity contribution in [3.05, 3.63) is 0 Å². The Morgan fingerprint density at radius 1 is 1.54 bits per heavy atom. The predicted molar refractivity (Wildman–Crippen MR) is 61.2 cm³/mol. The highest BCUT2D eigenvalue weighted by Gasteiger charge is 2.26. The summed E-state index contributed by atoms with van der Waals surface area (Å²) in [6.45, 7) is 0.813. The smallest absolute Gasteiger partial charge is 0.0226 e. The summed E-state index contributed by atoms with van der Waals surface area (Å²) in [6.07, 6.45) is 7.58. The molecule has 0 bridgehead atoms. The van der Waals surface area contributed by atoms with Gasteiger partial charge in [-0.2, -0.15) is 11.8 Å². The lowest BCUT2D eigenvalue weighted by atomic mass is 9.90. The van der Waals surface area contributed by atoms with E-state index in [0.717, 1.165) is 12.6 Å². The van der Waals surface area contributed by atoms with Gasteiger partial charge in [-0.05, 0) is 38.3 Å². The molecule has 3 heteroatoms. The van der Waals surface area contributed by atoms with Crippen LogP contribution in [0.15, 0.2) is 0 Å². The zero-order valence-corrected chi connectivity index (χ0v) is 9.65. The summed E-state index contributed by atoms with van der Waals surface area (Å²) < 4.78 is 0. The third-order valence-corrected chi connectivity index (χ3v) is 3.80. The average Bonchev–Trinajstić information content (AvgIpc) is 2.02. The largest absolute Gasteiger partial charge is 0.329 e. The number of likely N-dealkylation sites (N-methyl/N-ethyl adjacent to an activating group) is 1. The second-order valence-electron chi connectivity index (χ2n) is 3.92. The summed E-state index contributed by atoms with van der Waals surface area (Å²) in [5.74, 6) is 1.24. The number of hydrogen-bond acceptors (Lipinski definition) is 3. The van der Waals surface area contributed by atoms with Gasteiger partial charge in [-0.25, -0.2) is 0 Å². The van der Waals surface area contributed by atoms with Crippen LogP contribution in [0.1, 0.15) is 25.7 Å². The fourth-order valence-corrected chi connectivity index (χ4v) is 2.34. The van der Waals surface area contributed by atoms with E-state index >= 15 is 0 Å². The molecule has 1 saturated carbocycles. The predicted octanol–water partition coefficient (Wildman–Crippen LogP) is 1.55. The van der Waals surface area contributed by atoms with Crippen LogP contribution in [0.25, 0.3) is 0 Å². The lowest BCUT2D eigenvalue weighted by molar-refractivity contribution is 0.111. The first-order valence-electron chi connectivity index (χ1n) is 5.20. The number of nitrogens with two attached hydrogens (primary N) is 1. The van der Waals surface area contributed by atoms with Crippen molar-refractivity contribution in [1.29, 1.82) is 0 Å². The van der Waals surface area contributed by atoms with Crippen LogP contribution in [0, 0.1) is 0 Å². The first-order chi connectivity index (χ1) is 6.29. The van der Waals surface area contributed by atoms with Crippen LogP contribution in [-0.4, -0.2) is 42.6 Å². The molecule has 1 fully saturated rings. The molecule has 1 unspecified atom stereocenters. The number of hydrogen-bond donors (Lipinski definition) is 1. The van der Waals surface area contributed by atoms with Gasteiger partial charge in [0.2, 0.25) is 0 Å². The SMILES string of the molecule is CSCCC(CN)N(C)C1CCC1. The lowest BCUT2D eigenvalue weighted by Gasteiger charge is -2.39. The summed E-state index contributed by atoms with van der Waals surface area (Å²) in [7, 11) is 2.24. The van der Waals surface area contributed by atoms with Crippen molar-refractivity contribution in [1.82, 2.24) is 4.90 Å². The van der Waals surface area contributed by atoms with Gasteiger partial charge in [0, 0.05) is 18.6 Å². The lowest BCUT2D eigenvalue weighted by Crippen LogP contribution is -2.47. The van der Waals surface area contributed by atoms with Gasteiger partial charge in [0.1, 0.15) is 0 Å². The van der Waals surface area contributed by atoms with E-state index in [9.17, 15) is 0 Å². The van der Waals surface area contributed by atoms with E-state index in [2.05, 4.69) is 18.2 Å². The minimum Gasteiger partial charge on any atom is -0.329 e. The maximum absolute atomic E-state index is 5.78. The second-order valence-corrected chi connectivity index (χ2v) is 4.91. The first kappa shape index (κ1) is 11.3. The molecular weight excluding hydrogens is 180 g/mol. The Hall–Kier alpha value is 0.270. The number of nitrogens with zero attached hydrogens (tertiary/aromatic N) is 1. The van der Waals surface area contributed by atoms with E-state index in [-0.39, 0.29) is 0 Å². The van der Waals surface area contributed by atoms with Crippen molar-refractivity contribution in [2.45, 2.75) is 37.8 Å². The molecule has 0 saturated heterocycles. The monoisotopic (exact) mass is 202 g/mol. The minimum absolute atomic E-state index is 0.609.